The monoisotopic (exact) mass is 263 g/mol. The molecule has 0 spiro atoms. The Labute approximate surface area is 114 Å². The maximum atomic E-state index is 5.42. The van der Waals surface area contributed by atoms with E-state index in [2.05, 4.69) is 35.5 Å². The Morgan fingerprint density at radius 1 is 1.32 bits per heavy atom. The van der Waals surface area contributed by atoms with Crippen molar-refractivity contribution in [1.29, 1.82) is 0 Å². The molecule has 5 nitrogen and oxygen atoms in total. The summed E-state index contributed by atoms with van der Waals surface area (Å²) >= 11 is 0. The first-order valence-corrected chi connectivity index (χ1v) is 6.35. The molecule has 19 heavy (non-hydrogen) atoms. The summed E-state index contributed by atoms with van der Waals surface area (Å²) in [6.07, 6.45) is 0. The average molecular weight is 263 g/mol. The Kier molecular flexibility index (Phi) is 3.83. The number of benzene rings is 1. The van der Waals surface area contributed by atoms with Gasteiger partial charge < -0.3 is 20.1 Å². The molecule has 1 aliphatic rings. The third kappa shape index (κ3) is 2.92. The van der Waals surface area contributed by atoms with Crippen LogP contribution in [0.15, 0.2) is 23.2 Å². The number of nitrogens with one attached hydrogen (secondary N) is 2. The summed E-state index contributed by atoms with van der Waals surface area (Å²) in [6.45, 7) is 5.45. The molecule has 5 heteroatoms. The number of hydrogen-bond donors (Lipinski definition) is 2. The van der Waals surface area contributed by atoms with Crippen molar-refractivity contribution >= 4 is 5.96 Å². The largest absolute Gasteiger partial charge is 0.454 e. The Morgan fingerprint density at radius 3 is 2.74 bits per heavy atom. The molecule has 1 aliphatic heterocycles. The van der Waals surface area contributed by atoms with Crippen molar-refractivity contribution < 1.29 is 9.47 Å². The molecule has 0 aromatic heterocycles. The van der Waals surface area contributed by atoms with Crippen molar-refractivity contribution in [2.24, 2.45) is 4.99 Å². The van der Waals surface area contributed by atoms with Crippen LogP contribution in [0.2, 0.25) is 0 Å². The first-order chi connectivity index (χ1) is 9.06. The third-order valence-electron chi connectivity index (χ3n) is 3.31. The fourth-order valence-corrected chi connectivity index (χ4v) is 2.00. The molecule has 0 aliphatic carbocycles. The molecular weight excluding hydrogens is 242 g/mol. The molecule has 0 fully saturated rings. The normalized spacial score (nSPS) is 14.4. The average Bonchev–Trinajstić information content (AvgIpc) is 2.87. The van der Waals surface area contributed by atoms with Gasteiger partial charge in [-0.05, 0) is 17.7 Å². The lowest BCUT2D eigenvalue weighted by Crippen LogP contribution is -2.42. The second-order valence-corrected chi connectivity index (χ2v) is 5.13. The van der Waals surface area contributed by atoms with E-state index in [1.807, 2.05) is 19.2 Å². The smallest absolute Gasteiger partial charge is 0.231 e. The van der Waals surface area contributed by atoms with Crippen LogP contribution in [-0.2, 0) is 5.41 Å². The fraction of sp³-hybridized carbons (Fsp3) is 0.500. The van der Waals surface area contributed by atoms with Gasteiger partial charge >= 0.3 is 0 Å². The molecule has 2 N–H and O–H groups in total. The Morgan fingerprint density at radius 2 is 2.05 bits per heavy atom. The van der Waals surface area contributed by atoms with Gasteiger partial charge in [0.15, 0.2) is 17.5 Å². The summed E-state index contributed by atoms with van der Waals surface area (Å²) in [6, 6.07) is 6.09. The number of rotatable bonds is 3. The molecule has 1 heterocycles. The van der Waals surface area contributed by atoms with Crippen molar-refractivity contribution in [3.05, 3.63) is 23.8 Å². The van der Waals surface area contributed by atoms with Crippen LogP contribution in [0.5, 0.6) is 11.5 Å². The van der Waals surface area contributed by atoms with Gasteiger partial charge in [-0.25, -0.2) is 0 Å². The van der Waals surface area contributed by atoms with E-state index in [0.717, 1.165) is 24.0 Å². The van der Waals surface area contributed by atoms with E-state index in [4.69, 9.17) is 9.47 Å². The molecule has 1 aromatic carbocycles. The van der Waals surface area contributed by atoms with Crippen molar-refractivity contribution in [3.63, 3.8) is 0 Å². The number of ether oxygens (including phenoxy) is 2. The zero-order chi connectivity index (χ0) is 13.9. The van der Waals surface area contributed by atoms with Gasteiger partial charge in [-0.1, -0.05) is 19.9 Å². The molecule has 1 aromatic rings. The summed E-state index contributed by atoms with van der Waals surface area (Å²) < 4.78 is 10.8. The molecule has 0 unspecified atom stereocenters. The van der Waals surface area contributed by atoms with Gasteiger partial charge in [0.2, 0.25) is 6.79 Å². The lowest BCUT2D eigenvalue weighted by Gasteiger charge is -2.26. The highest BCUT2D eigenvalue weighted by molar-refractivity contribution is 5.79. The summed E-state index contributed by atoms with van der Waals surface area (Å²) in [4.78, 5) is 4.11. The Hall–Kier alpha value is -1.91. The van der Waals surface area contributed by atoms with Crippen molar-refractivity contribution in [2.75, 3.05) is 27.4 Å². The third-order valence-corrected chi connectivity index (χ3v) is 3.31. The molecule has 2 rings (SSSR count). The van der Waals surface area contributed by atoms with Crippen LogP contribution in [0.4, 0.5) is 0 Å². The van der Waals surface area contributed by atoms with Crippen LogP contribution < -0.4 is 20.1 Å². The summed E-state index contributed by atoms with van der Waals surface area (Å²) in [5.74, 6) is 2.43. The highest BCUT2D eigenvalue weighted by Gasteiger charge is 2.24. The van der Waals surface area contributed by atoms with Crippen LogP contribution in [-0.4, -0.2) is 33.4 Å². The van der Waals surface area contributed by atoms with Crippen LogP contribution >= 0.6 is 0 Å². The Balaban J connectivity index is 2.10. The molecule has 0 saturated carbocycles. The first kappa shape index (κ1) is 13.5. The minimum absolute atomic E-state index is 0.0340. The second kappa shape index (κ2) is 5.38. The van der Waals surface area contributed by atoms with Crippen molar-refractivity contribution in [1.82, 2.24) is 10.6 Å². The van der Waals surface area contributed by atoms with Gasteiger partial charge in [0.1, 0.15) is 0 Å². The molecule has 104 valence electrons. The molecule has 0 bridgehead atoms. The van der Waals surface area contributed by atoms with Crippen LogP contribution in [0.3, 0.4) is 0 Å². The number of aliphatic imine (C=N–C) groups is 1. The van der Waals surface area contributed by atoms with Gasteiger partial charge in [0.05, 0.1) is 0 Å². The number of fused-ring (bicyclic) bond motifs is 1. The minimum atomic E-state index is -0.0340. The summed E-state index contributed by atoms with van der Waals surface area (Å²) in [5.41, 5.74) is 1.17. The van der Waals surface area contributed by atoms with E-state index in [0.29, 0.717) is 6.79 Å². The zero-order valence-electron chi connectivity index (χ0n) is 11.9. The topological polar surface area (TPSA) is 54.9 Å². The van der Waals surface area contributed by atoms with Crippen LogP contribution in [0.25, 0.3) is 0 Å². The first-order valence-electron chi connectivity index (χ1n) is 6.35. The maximum Gasteiger partial charge on any atom is 0.231 e. The van der Waals surface area contributed by atoms with Gasteiger partial charge in [-0.15, -0.1) is 0 Å². The highest BCUT2D eigenvalue weighted by atomic mass is 16.7. The lowest BCUT2D eigenvalue weighted by atomic mass is 9.84. The minimum Gasteiger partial charge on any atom is -0.454 e. The van der Waals surface area contributed by atoms with E-state index in [1.54, 1.807) is 7.05 Å². The fourth-order valence-electron chi connectivity index (χ4n) is 2.00. The highest BCUT2D eigenvalue weighted by Crippen LogP contribution is 2.36. The van der Waals surface area contributed by atoms with Gasteiger partial charge in [0.25, 0.3) is 0 Å². The van der Waals surface area contributed by atoms with Crippen molar-refractivity contribution in [3.8, 4) is 11.5 Å². The van der Waals surface area contributed by atoms with E-state index >= 15 is 0 Å². The molecule has 0 saturated heterocycles. The lowest BCUT2D eigenvalue weighted by molar-refractivity contribution is 0.174. The SMILES string of the molecule is CN=C(NC)NCC(C)(C)c1ccc2c(c1)OCO2. The molecule has 0 radical (unpaired) electrons. The molecule has 0 amide bonds. The number of guanidine groups is 1. The van der Waals surface area contributed by atoms with Crippen LogP contribution in [0.1, 0.15) is 19.4 Å². The predicted molar refractivity (Wildman–Crippen MR) is 76.0 cm³/mol. The van der Waals surface area contributed by atoms with E-state index in [9.17, 15) is 0 Å². The number of nitrogens with zero attached hydrogens (tertiary/aromatic N) is 1. The van der Waals surface area contributed by atoms with E-state index < -0.39 is 0 Å². The van der Waals surface area contributed by atoms with Crippen LogP contribution in [0, 0.1) is 0 Å². The number of hydrogen-bond acceptors (Lipinski definition) is 3. The van der Waals surface area contributed by atoms with Gasteiger partial charge in [-0.3, -0.25) is 4.99 Å². The predicted octanol–water partition coefficient (Wildman–Crippen LogP) is 1.49. The van der Waals surface area contributed by atoms with E-state index in [1.165, 1.54) is 5.56 Å². The molecular formula is C14H21N3O2. The van der Waals surface area contributed by atoms with E-state index in [-0.39, 0.29) is 5.41 Å². The van der Waals surface area contributed by atoms with Crippen molar-refractivity contribution in [2.45, 2.75) is 19.3 Å². The van der Waals surface area contributed by atoms with Gasteiger partial charge in [-0.2, -0.15) is 0 Å². The maximum absolute atomic E-state index is 5.42. The van der Waals surface area contributed by atoms with Gasteiger partial charge in [0, 0.05) is 26.1 Å². The quantitative estimate of drug-likeness (QED) is 0.641. The molecule has 0 atom stereocenters. The second-order valence-electron chi connectivity index (χ2n) is 5.13. The zero-order valence-corrected chi connectivity index (χ0v) is 11.9. The summed E-state index contributed by atoms with van der Waals surface area (Å²) in [5, 5.41) is 6.30. The standard InChI is InChI=1S/C14H21N3O2/c1-14(2,8-17-13(15-3)16-4)10-5-6-11-12(7-10)19-9-18-11/h5-7H,8-9H2,1-4H3,(H2,15,16,17). The summed E-state index contributed by atoms with van der Waals surface area (Å²) in [7, 11) is 3.61. The Bertz CT molecular complexity index is 484.